The molecule has 1 heterocycles. The van der Waals surface area contributed by atoms with Crippen LogP contribution in [0.25, 0.3) is 0 Å². The molecule has 2 aromatic carbocycles. The van der Waals surface area contributed by atoms with Crippen LogP contribution in [0.4, 0.5) is 0 Å². The van der Waals surface area contributed by atoms with E-state index in [1.807, 2.05) is 30.3 Å². The van der Waals surface area contributed by atoms with Crippen molar-refractivity contribution >= 4 is 17.3 Å². The van der Waals surface area contributed by atoms with Gasteiger partial charge in [-0.1, -0.05) is 43.7 Å². The van der Waals surface area contributed by atoms with Gasteiger partial charge in [0.25, 0.3) is 0 Å². The van der Waals surface area contributed by atoms with E-state index in [1.54, 1.807) is 26.0 Å². The predicted octanol–water partition coefficient (Wildman–Crippen LogP) is 4.67. The summed E-state index contributed by atoms with van der Waals surface area (Å²) >= 11 is 0. The molecule has 5 nitrogen and oxygen atoms in total. The fourth-order valence-corrected chi connectivity index (χ4v) is 4.17. The number of rotatable bonds is 11. The normalized spacial score (nSPS) is 17.1. The summed E-state index contributed by atoms with van der Waals surface area (Å²) in [6, 6.07) is 13.0. The van der Waals surface area contributed by atoms with Gasteiger partial charge in [0, 0.05) is 30.4 Å². The number of benzene rings is 2. The molecule has 0 fully saturated rings. The van der Waals surface area contributed by atoms with Gasteiger partial charge >= 0.3 is 0 Å². The lowest BCUT2D eigenvalue weighted by atomic mass is 9.75. The maximum Gasteiger partial charge on any atom is 0.166 e. The van der Waals surface area contributed by atoms with E-state index in [4.69, 9.17) is 4.74 Å². The average molecular weight is 423 g/mol. The van der Waals surface area contributed by atoms with E-state index in [1.165, 1.54) is 0 Å². The fourth-order valence-electron chi connectivity index (χ4n) is 4.17. The first-order valence-corrected chi connectivity index (χ1v) is 11.0. The van der Waals surface area contributed by atoms with Gasteiger partial charge in [-0.3, -0.25) is 9.59 Å². The molecule has 1 aliphatic heterocycles. The van der Waals surface area contributed by atoms with Crippen LogP contribution in [-0.2, 0) is 10.2 Å². The molecule has 2 aromatic rings. The van der Waals surface area contributed by atoms with Gasteiger partial charge in [0.1, 0.15) is 18.1 Å². The molecule has 31 heavy (non-hydrogen) atoms. The van der Waals surface area contributed by atoms with E-state index < -0.39 is 5.41 Å². The molecule has 0 aromatic heterocycles. The Balaban J connectivity index is 1.95. The highest BCUT2D eigenvalue weighted by Gasteiger charge is 2.44. The maximum atomic E-state index is 13.0. The number of hydrogen-bond donors (Lipinski definition) is 1. The second-order valence-electron chi connectivity index (χ2n) is 8.26. The Bertz CT molecular complexity index is 963. The van der Waals surface area contributed by atoms with Gasteiger partial charge < -0.3 is 14.6 Å². The van der Waals surface area contributed by atoms with Crippen molar-refractivity contribution in [1.82, 2.24) is 0 Å². The summed E-state index contributed by atoms with van der Waals surface area (Å²) in [4.78, 5) is 36.7. The summed E-state index contributed by atoms with van der Waals surface area (Å²) in [6.45, 7) is 3.38. The molecule has 0 saturated carbocycles. The predicted molar refractivity (Wildman–Crippen MR) is 119 cm³/mol. The van der Waals surface area contributed by atoms with Crippen molar-refractivity contribution < 1.29 is 24.2 Å². The van der Waals surface area contributed by atoms with Crippen LogP contribution < -0.4 is 4.74 Å². The van der Waals surface area contributed by atoms with Crippen molar-refractivity contribution in [1.29, 1.82) is 0 Å². The maximum absolute atomic E-state index is 13.0. The molecule has 0 amide bonds. The number of carbonyl (C=O) groups is 3. The summed E-state index contributed by atoms with van der Waals surface area (Å²) in [6.07, 6.45) is 3.48. The minimum Gasteiger partial charge on any atom is -0.491 e. The first kappa shape index (κ1) is 22.9. The minimum absolute atomic E-state index is 0.0393. The number of Topliss-reactive ketones (excluding diaryl/α,β-unsaturated/α-hetero) is 3. The molecule has 5 heteroatoms. The molecule has 0 spiro atoms. The van der Waals surface area contributed by atoms with Crippen LogP contribution in [0, 0.1) is 0 Å². The Kier molecular flexibility index (Phi) is 7.39. The minimum atomic E-state index is -0.808. The van der Waals surface area contributed by atoms with E-state index in [0.717, 1.165) is 18.4 Å². The summed E-state index contributed by atoms with van der Waals surface area (Å²) in [5, 5.41) is 10.4. The van der Waals surface area contributed by atoms with Crippen molar-refractivity contribution in [2.24, 2.45) is 0 Å². The lowest BCUT2D eigenvalue weighted by molar-refractivity contribution is -0.117. The van der Waals surface area contributed by atoms with Crippen LogP contribution in [0.2, 0.25) is 0 Å². The highest BCUT2D eigenvalue weighted by Crippen LogP contribution is 2.46. The number of unbranched alkanes of at least 4 members (excludes halogenated alkanes) is 2. The van der Waals surface area contributed by atoms with Gasteiger partial charge in [-0.05, 0) is 37.5 Å². The molecule has 164 valence electrons. The van der Waals surface area contributed by atoms with Crippen molar-refractivity contribution in [3.05, 3.63) is 64.7 Å². The topological polar surface area (TPSA) is 80.7 Å². The van der Waals surface area contributed by atoms with E-state index >= 15 is 0 Å². The molecule has 1 N–H and O–H groups in total. The summed E-state index contributed by atoms with van der Waals surface area (Å²) in [5.41, 5.74) is 1.66. The van der Waals surface area contributed by atoms with Crippen molar-refractivity contribution in [3.63, 3.8) is 0 Å². The second kappa shape index (κ2) is 10.0. The molecule has 3 rings (SSSR count). The van der Waals surface area contributed by atoms with Gasteiger partial charge in [0.15, 0.2) is 11.6 Å². The van der Waals surface area contributed by atoms with Gasteiger partial charge in [-0.2, -0.15) is 0 Å². The Hall–Kier alpha value is -2.79. The standard InChI is InChI=1S/C26H30O5/c1-3-23(29)21-14-19(24(30)13-9-4-6-10-18(2)28)15-22-25(21)31-17-26(22,16-27)20-11-7-5-8-12-20/h5,7-8,11-12,14-15,27H,3-4,6,9-10,13,16-17H2,1-2H3. The van der Waals surface area contributed by atoms with E-state index in [0.29, 0.717) is 48.1 Å². The third-order valence-corrected chi connectivity index (χ3v) is 6.04. The highest BCUT2D eigenvalue weighted by molar-refractivity contribution is 6.04. The zero-order valence-corrected chi connectivity index (χ0v) is 18.3. The second-order valence-corrected chi connectivity index (χ2v) is 8.26. The number of ether oxygens (including phenoxy) is 1. The molecular formula is C26H30O5. The summed E-state index contributed by atoms with van der Waals surface area (Å²) < 4.78 is 5.96. The number of aliphatic hydroxyl groups excluding tert-OH is 1. The third kappa shape index (κ3) is 4.77. The summed E-state index contributed by atoms with van der Waals surface area (Å²) in [7, 11) is 0. The Morgan fingerprint density at radius 2 is 1.71 bits per heavy atom. The SMILES string of the molecule is CCC(=O)c1cc(C(=O)CCCCCC(C)=O)cc2c1OCC2(CO)c1ccccc1. The summed E-state index contributed by atoms with van der Waals surface area (Å²) in [5.74, 6) is 0.508. The zero-order chi connectivity index (χ0) is 22.4. The smallest absolute Gasteiger partial charge is 0.166 e. The van der Waals surface area contributed by atoms with Crippen LogP contribution in [-0.4, -0.2) is 35.7 Å². The van der Waals surface area contributed by atoms with Crippen LogP contribution in [0.15, 0.2) is 42.5 Å². The quantitative estimate of drug-likeness (QED) is 0.420. The molecule has 0 aliphatic carbocycles. The molecule has 0 radical (unpaired) electrons. The number of ketones is 3. The Morgan fingerprint density at radius 1 is 1.00 bits per heavy atom. The molecule has 1 aliphatic rings. The van der Waals surface area contributed by atoms with Crippen molar-refractivity contribution in [3.8, 4) is 5.75 Å². The molecule has 1 unspecified atom stereocenters. The van der Waals surface area contributed by atoms with Crippen LogP contribution in [0.3, 0.4) is 0 Å². The van der Waals surface area contributed by atoms with E-state index in [2.05, 4.69) is 0 Å². The lowest BCUT2D eigenvalue weighted by Gasteiger charge is -2.26. The highest BCUT2D eigenvalue weighted by atomic mass is 16.5. The van der Waals surface area contributed by atoms with Crippen molar-refractivity contribution in [2.45, 2.75) is 57.8 Å². The number of fused-ring (bicyclic) bond motifs is 1. The van der Waals surface area contributed by atoms with Crippen LogP contribution >= 0.6 is 0 Å². The fraction of sp³-hybridized carbons (Fsp3) is 0.423. The largest absolute Gasteiger partial charge is 0.491 e. The third-order valence-electron chi connectivity index (χ3n) is 6.04. The Morgan fingerprint density at radius 3 is 2.35 bits per heavy atom. The average Bonchev–Trinajstić information content (AvgIpc) is 3.17. The van der Waals surface area contributed by atoms with E-state index in [9.17, 15) is 19.5 Å². The monoisotopic (exact) mass is 422 g/mol. The van der Waals surface area contributed by atoms with Gasteiger partial charge in [0.2, 0.25) is 0 Å². The van der Waals surface area contributed by atoms with Gasteiger partial charge in [0.05, 0.1) is 17.6 Å². The Labute approximate surface area is 183 Å². The molecule has 0 bridgehead atoms. The molecule has 0 saturated heterocycles. The van der Waals surface area contributed by atoms with Crippen LogP contribution in [0.5, 0.6) is 5.75 Å². The molecular weight excluding hydrogens is 392 g/mol. The first-order chi connectivity index (χ1) is 14.9. The lowest BCUT2D eigenvalue weighted by Crippen LogP contribution is -2.33. The number of aliphatic hydroxyl groups is 1. The van der Waals surface area contributed by atoms with Crippen LogP contribution in [0.1, 0.15) is 84.2 Å². The molecule has 1 atom stereocenters. The number of hydrogen-bond acceptors (Lipinski definition) is 5. The first-order valence-electron chi connectivity index (χ1n) is 11.0. The van der Waals surface area contributed by atoms with Gasteiger partial charge in [-0.15, -0.1) is 0 Å². The van der Waals surface area contributed by atoms with Crippen molar-refractivity contribution in [2.75, 3.05) is 13.2 Å². The zero-order valence-electron chi connectivity index (χ0n) is 18.3. The van der Waals surface area contributed by atoms with E-state index in [-0.39, 0.29) is 30.6 Å². The van der Waals surface area contributed by atoms with Gasteiger partial charge in [-0.25, -0.2) is 0 Å². The number of carbonyl (C=O) groups excluding carboxylic acids is 3.